The normalized spacial score (nSPS) is 14.7. The van der Waals surface area contributed by atoms with Crippen LogP contribution in [0.15, 0.2) is 60.8 Å². The molecule has 0 spiro atoms. The van der Waals surface area contributed by atoms with Crippen LogP contribution in [-0.2, 0) is 32.7 Å². The third kappa shape index (κ3) is 41.6. The number of ether oxygens (including phenoxy) is 2. The molecule has 10 nitrogen and oxygen atoms in total. The molecule has 11 heteroatoms. The van der Waals surface area contributed by atoms with Crippen molar-refractivity contribution < 1.29 is 47.2 Å². The van der Waals surface area contributed by atoms with Gasteiger partial charge in [0, 0.05) is 12.8 Å². The van der Waals surface area contributed by atoms with Crippen LogP contribution in [0.3, 0.4) is 0 Å². The number of phosphoric acid groups is 1. The lowest BCUT2D eigenvalue weighted by Gasteiger charge is -2.24. The molecule has 0 aliphatic heterocycles. The van der Waals surface area contributed by atoms with Gasteiger partial charge >= 0.3 is 19.8 Å². The zero-order valence-corrected chi connectivity index (χ0v) is 37.6. The lowest BCUT2D eigenvalue weighted by atomic mass is 10.1. The van der Waals surface area contributed by atoms with E-state index in [0.717, 1.165) is 51.4 Å². The second-order valence-corrected chi connectivity index (χ2v) is 17.4. The molecule has 0 aromatic heterocycles. The average molecular weight is 825 g/mol. The Balaban J connectivity index is 4.59. The molecule has 0 saturated heterocycles. The fourth-order valence-corrected chi connectivity index (χ4v) is 6.32. The number of allylic oxidation sites excluding steroid dienone is 9. The summed E-state index contributed by atoms with van der Waals surface area (Å²) in [5.41, 5.74) is 0. The van der Waals surface area contributed by atoms with Crippen molar-refractivity contribution in [1.82, 2.24) is 0 Å². The number of carbonyl (C=O) groups is 2. The number of esters is 2. The number of likely N-dealkylation sites (N-methyl/N-ethyl adjacent to an activating group) is 1. The predicted octanol–water partition coefficient (Wildman–Crippen LogP) is 11.4. The minimum atomic E-state index is -4.43. The Morgan fingerprint density at radius 3 is 1.81 bits per heavy atom. The molecule has 3 atom stereocenters. The fourth-order valence-electron chi connectivity index (χ4n) is 5.58. The highest BCUT2D eigenvalue weighted by molar-refractivity contribution is 7.47. The average Bonchev–Trinajstić information content (AvgIpc) is 3.15. The molecule has 0 bridgehead atoms. The minimum Gasteiger partial charge on any atom is -0.462 e. The summed E-state index contributed by atoms with van der Waals surface area (Å²) in [4.78, 5) is 35.4. The van der Waals surface area contributed by atoms with E-state index in [1.54, 1.807) is 12.2 Å². The van der Waals surface area contributed by atoms with E-state index in [2.05, 4.69) is 50.3 Å². The number of aliphatic hydroxyl groups excluding tert-OH is 1. The standard InChI is InChI=1S/C46H82NO9P/c1-6-8-10-12-14-16-18-20-21-23-25-27-29-31-33-37-45(49)53-41-44(42-55-57(51,52)54-40-39-47(3,4)5)56-46(50)38-34-36-43(48)35-32-30-28-26-24-22-19-17-15-13-11-9-7-2/h15,17,20-22,24,28,30,32,35,43-44,48H,6-14,16,18-19,23,25-27,29,31,33-34,36-42H2,1-5H3/p+1/b17-15-,21-20-,24-22-,30-28-,35-32+/t43-,44+/m0/s1. The van der Waals surface area contributed by atoms with Crippen molar-refractivity contribution in [1.29, 1.82) is 0 Å². The molecule has 0 aliphatic carbocycles. The van der Waals surface area contributed by atoms with E-state index in [0.29, 0.717) is 30.3 Å². The monoisotopic (exact) mass is 825 g/mol. The lowest BCUT2D eigenvalue weighted by Crippen LogP contribution is -2.37. The SMILES string of the molecule is CCCCC/C=C\C/C=C\C/C=C\C=C\[C@H](O)CCCC(=O)O[C@H](COC(=O)CCCCCCC/C=C\CCCCCCCC)COP(=O)(O)OCC[N+](C)(C)C. The van der Waals surface area contributed by atoms with Crippen LogP contribution in [0.25, 0.3) is 0 Å². The van der Waals surface area contributed by atoms with Gasteiger partial charge in [0.05, 0.1) is 33.9 Å². The van der Waals surface area contributed by atoms with E-state index in [1.165, 1.54) is 64.2 Å². The zero-order chi connectivity index (χ0) is 42.3. The molecule has 0 amide bonds. The second-order valence-electron chi connectivity index (χ2n) is 15.9. The largest absolute Gasteiger partial charge is 0.472 e. The van der Waals surface area contributed by atoms with Crippen molar-refractivity contribution in [2.24, 2.45) is 0 Å². The van der Waals surface area contributed by atoms with Gasteiger partial charge < -0.3 is 24.0 Å². The quantitative estimate of drug-likeness (QED) is 0.0155. The van der Waals surface area contributed by atoms with Gasteiger partial charge in [-0.1, -0.05) is 139 Å². The predicted molar refractivity (Wildman–Crippen MR) is 235 cm³/mol. The van der Waals surface area contributed by atoms with Gasteiger partial charge in [0.25, 0.3) is 0 Å². The molecule has 0 rings (SSSR count). The maximum Gasteiger partial charge on any atom is 0.472 e. The van der Waals surface area contributed by atoms with Crippen LogP contribution in [0.5, 0.6) is 0 Å². The smallest absolute Gasteiger partial charge is 0.462 e. The highest BCUT2D eigenvalue weighted by Gasteiger charge is 2.27. The van der Waals surface area contributed by atoms with Crippen LogP contribution in [0.4, 0.5) is 0 Å². The summed E-state index contributed by atoms with van der Waals surface area (Å²) >= 11 is 0. The number of hydrogen-bond donors (Lipinski definition) is 2. The molecule has 0 fully saturated rings. The van der Waals surface area contributed by atoms with E-state index in [4.69, 9.17) is 18.5 Å². The molecule has 57 heavy (non-hydrogen) atoms. The minimum absolute atomic E-state index is 0.00654. The van der Waals surface area contributed by atoms with Gasteiger partial charge in [-0.05, 0) is 70.6 Å². The van der Waals surface area contributed by atoms with Crippen molar-refractivity contribution in [3.63, 3.8) is 0 Å². The number of phosphoric ester groups is 1. The number of unbranched alkanes of at least 4 members (excludes halogenated alkanes) is 14. The first kappa shape index (κ1) is 54.7. The van der Waals surface area contributed by atoms with Crippen molar-refractivity contribution in [3.05, 3.63) is 60.8 Å². The Morgan fingerprint density at radius 1 is 0.632 bits per heavy atom. The Labute approximate surface area is 348 Å². The van der Waals surface area contributed by atoms with E-state index >= 15 is 0 Å². The maximum atomic E-state index is 12.7. The number of aliphatic hydroxyl groups is 1. The maximum absolute atomic E-state index is 12.7. The zero-order valence-electron chi connectivity index (χ0n) is 36.7. The van der Waals surface area contributed by atoms with Crippen LogP contribution in [0.1, 0.15) is 162 Å². The molecular weight excluding hydrogens is 741 g/mol. The van der Waals surface area contributed by atoms with Gasteiger partial charge in [-0.15, -0.1) is 0 Å². The Kier molecular flexibility index (Phi) is 36.4. The summed E-state index contributed by atoms with van der Waals surface area (Å²) in [6.07, 6.45) is 41.5. The topological polar surface area (TPSA) is 129 Å². The van der Waals surface area contributed by atoms with E-state index in [9.17, 15) is 24.2 Å². The molecule has 2 N–H and O–H groups in total. The molecule has 330 valence electrons. The second kappa shape index (κ2) is 37.9. The van der Waals surface area contributed by atoms with Crippen LogP contribution in [0, 0.1) is 0 Å². The van der Waals surface area contributed by atoms with Crippen LogP contribution >= 0.6 is 7.82 Å². The number of carbonyl (C=O) groups excluding carboxylic acids is 2. The van der Waals surface area contributed by atoms with Crippen LogP contribution in [-0.4, -0.2) is 86.1 Å². The first-order chi connectivity index (χ1) is 27.4. The van der Waals surface area contributed by atoms with Crippen molar-refractivity contribution >= 4 is 19.8 Å². The van der Waals surface area contributed by atoms with Crippen LogP contribution in [0.2, 0.25) is 0 Å². The molecule has 0 radical (unpaired) electrons. The number of quaternary nitrogens is 1. The molecule has 1 unspecified atom stereocenters. The Bertz CT molecular complexity index is 1170. The summed E-state index contributed by atoms with van der Waals surface area (Å²) in [5.74, 6) is -1.01. The van der Waals surface area contributed by atoms with E-state index < -0.39 is 38.6 Å². The Hall–Kier alpha value is -2.33. The van der Waals surface area contributed by atoms with Gasteiger partial charge in [0.1, 0.15) is 19.8 Å². The number of rotatable bonds is 39. The molecular formula is C46H83NO9P+. The molecule has 0 aromatic carbocycles. The number of nitrogens with zero attached hydrogens (tertiary/aromatic N) is 1. The highest BCUT2D eigenvalue weighted by atomic mass is 31.2. The first-order valence-corrected chi connectivity index (χ1v) is 23.6. The van der Waals surface area contributed by atoms with Gasteiger partial charge in [0.15, 0.2) is 6.10 Å². The molecule has 0 aromatic rings. The van der Waals surface area contributed by atoms with Crippen molar-refractivity contribution in [2.45, 2.75) is 174 Å². The molecule has 0 saturated carbocycles. The van der Waals surface area contributed by atoms with Gasteiger partial charge in [-0.3, -0.25) is 18.6 Å². The summed E-state index contributed by atoms with van der Waals surface area (Å²) in [5, 5.41) is 10.3. The van der Waals surface area contributed by atoms with E-state index in [1.807, 2.05) is 33.3 Å². The lowest BCUT2D eigenvalue weighted by molar-refractivity contribution is -0.870. The summed E-state index contributed by atoms with van der Waals surface area (Å²) in [6, 6.07) is 0. The third-order valence-corrected chi connectivity index (χ3v) is 10.1. The summed E-state index contributed by atoms with van der Waals surface area (Å²) < 4.78 is 34.1. The van der Waals surface area contributed by atoms with Gasteiger partial charge in [-0.2, -0.15) is 0 Å². The van der Waals surface area contributed by atoms with E-state index in [-0.39, 0.29) is 26.1 Å². The van der Waals surface area contributed by atoms with Gasteiger partial charge in [-0.25, -0.2) is 4.57 Å². The molecule has 0 heterocycles. The summed E-state index contributed by atoms with van der Waals surface area (Å²) in [6.45, 7) is 4.14. The third-order valence-electron chi connectivity index (χ3n) is 9.12. The summed E-state index contributed by atoms with van der Waals surface area (Å²) in [7, 11) is 1.35. The van der Waals surface area contributed by atoms with Crippen molar-refractivity contribution in [2.75, 3.05) is 47.5 Å². The highest BCUT2D eigenvalue weighted by Crippen LogP contribution is 2.43. The van der Waals surface area contributed by atoms with Crippen LogP contribution < -0.4 is 0 Å². The first-order valence-electron chi connectivity index (χ1n) is 22.1. The fraction of sp³-hybridized carbons (Fsp3) is 0.739. The van der Waals surface area contributed by atoms with Crippen molar-refractivity contribution in [3.8, 4) is 0 Å². The van der Waals surface area contributed by atoms with Gasteiger partial charge in [0.2, 0.25) is 0 Å². The molecule has 0 aliphatic rings. The Morgan fingerprint density at radius 2 is 1.16 bits per heavy atom. The number of hydrogen-bond acceptors (Lipinski definition) is 8.